The van der Waals surface area contributed by atoms with Crippen LogP contribution in [0.4, 0.5) is 5.82 Å². The van der Waals surface area contributed by atoms with Gasteiger partial charge in [0.2, 0.25) is 0 Å². The average Bonchev–Trinajstić information content (AvgIpc) is 2.41. The standard InChI is InChI=1S/C14H23N3O/c1-17(11-12-5-9-18-10-6-12)14-13(4-7-15)3-2-8-16-14/h2-3,8,12H,4-7,9-11,15H2,1H3. The van der Waals surface area contributed by atoms with Crippen LogP contribution in [0.5, 0.6) is 0 Å². The van der Waals surface area contributed by atoms with Gasteiger partial charge in [0.25, 0.3) is 0 Å². The summed E-state index contributed by atoms with van der Waals surface area (Å²) in [5.41, 5.74) is 6.90. The summed E-state index contributed by atoms with van der Waals surface area (Å²) in [5.74, 6) is 1.80. The molecule has 1 aliphatic rings. The third-order valence-electron chi connectivity index (χ3n) is 3.52. The number of rotatable bonds is 5. The molecule has 4 nitrogen and oxygen atoms in total. The Hall–Kier alpha value is -1.13. The molecule has 0 unspecified atom stereocenters. The summed E-state index contributed by atoms with van der Waals surface area (Å²) in [6.45, 7) is 3.52. The van der Waals surface area contributed by atoms with Crippen molar-refractivity contribution in [3.05, 3.63) is 23.9 Å². The van der Waals surface area contributed by atoms with Crippen LogP contribution < -0.4 is 10.6 Å². The van der Waals surface area contributed by atoms with Crippen molar-refractivity contribution in [3.8, 4) is 0 Å². The molecule has 0 aliphatic carbocycles. The summed E-state index contributed by atoms with van der Waals surface area (Å²) < 4.78 is 5.40. The second kappa shape index (κ2) is 6.71. The number of nitrogens with zero attached hydrogens (tertiary/aromatic N) is 2. The molecule has 0 aromatic carbocycles. The lowest BCUT2D eigenvalue weighted by Crippen LogP contribution is -2.30. The van der Waals surface area contributed by atoms with Gasteiger partial charge in [-0.3, -0.25) is 0 Å². The van der Waals surface area contributed by atoms with Gasteiger partial charge in [0.1, 0.15) is 5.82 Å². The van der Waals surface area contributed by atoms with Crippen molar-refractivity contribution in [1.29, 1.82) is 0 Å². The van der Waals surface area contributed by atoms with E-state index in [1.54, 1.807) is 0 Å². The maximum absolute atomic E-state index is 5.65. The zero-order valence-electron chi connectivity index (χ0n) is 11.1. The van der Waals surface area contributed by atoms with E-state index in [1.807, 2.05) is 12.3 Å². The molecule has 0 radical (unpaired) electrons. The number of aromatic nitrogens is 1. The van der Waals surface area contributed by atoms with Crippen molar-refractivity contribution in [1.82, 2.24) is 4.98 Å². The van der Waals surface area contributed by atoms with Gasteiger partial charge in [0.15, 0.2) is 0 Å². The van der Waals surface area contributed by atoms with Gasteiger partial charge >= 0.3 is 0 Å². The zero-order chi connectivity index (χ0) is 12.8. The fourth-order valence-electron chi connectivity index (χ4n) is 2.53. The summed E-state index contributed by atoms with van der Waals surface area (Å²) in [5, 5.41) is 0. The van der Waals surface area contributed by atoms with Crippen LogP contribution in [-0.2, 0) is 11.2 Å². The van der Waals surface area contributed by atoms with E-state index in [1.165, 1.54) is 5.56 Å². The van der Waals surface area contributed by atoms with E-state index in [-0.39, 0.29) is 0 Å². The summed E-state index contributed by atoms with van der Waals surface area (Å²) >= 11 is 0. The lowest BCUT2D eigenvalue weighted by atomic mass is 9.99. The predicted molar refractivity (Wildman–Crippen MR) is 73.8 cm³/mol. The summed E-state index contributed by atoms with van der Waals surface area (Å²) in [6, 6.07) is 4.10. The maximum Gasteiger partial charge on any atom is 0.131 e. The molecule has 0 saturated carbocycles. The molecule has 100 valence electrons. The fraction of sp³-hybridized carbons (Fsp3) is 0.643. The minimum Gasteiger partial charge on any atom is -0.381 e. The van der Waals surface area contributed by atoms with Gasteiger partial charge in [-0.05, 0) is 43.4 Å². The van der Waals surface area contributed by atoms with Crippen molar-refractivity contribution in [2.75, 3.05) is 38.3 Å². The molecular weight excluding hydrogens is 226 g/mol. The number of hydrogen-bond donors (Lipinski definition) is 1. The highest BCUT2D eigenvalue weighted by atomic mass is 16.5. The summed E-state index contributed by atoms with van der Waals surface area (Å²) in [7, 11) is 2.12. The minimum atomic E-state index is 0.670. The third-order valence-corrected chi connectivity index (χ3v) is 3.52. The molecule has 1 aliphatic heterocycles. The predicted octanol–water partition coefficient (Wildman–Crippen LogP) is 1.45. The van der Waals surface area contributed by atoms with E-state index in [2.05, 4.69) is 23.0 Å². The van der Waals surface area contributed by atoms with Crippen molar-refractivity contribution in [2.45, 2.75) is 19.3 Å². The first-order valence-corrected chi connectivity index (χ1v) is 6.74. The Labute approximate surface area is 109 Å². The SMILES string of the molecule is CN(CC1CCOCC1)c1ncccc1CCN. The molecular formula is C14H23N3O. The Morgan fingerprint density at radius 1 is 1.44 bits per heavy atom. The third kappa shape index (κ3) is 3.43. The summed E-state index contributed by atoms with van der Waals surface area (Å²) in [6.07, 6.45) is 5.06. The number of nitrogens with two attached hydrogens (primary N) is 1. The van der Waals surface area contributed by atoms with E-state index in [0.29, 0.717) is 6.54 Å². The molecule has 2 heterocycles. The first-order chi connectivity index (χ1) is 8.81. The van der Waals surface area contributed by atoms with Crippen molar-refractivity contribution in [2.24, 2.45) is 11.7 Å². The highest BCUT2D eigenvalue weighted by Gasteiger charge is 2.17. The molecule has 2 N–H and O–H groups in total. The average molecular weight is 249 g/mol. The van der Waals surface area contributed by atoms with Crippen molar-refractivity contribution >= 4 is 5.82 Å². The molecule has 0 spiro atoms. The Kier molecular flexibility index (Phi) is 4.96. The van der Waals surface area contributed by atoms with Gasteiger partial charge in [0, 0.05) is 33.0 Å². The molecule has 1 aromatic rings. The molecule has 2 rings (SSSR count). The van der Waals surface area contributed by atoms with Crippen LogP contribution in [0.3, 0.4) is 0 Å². The van der Waals surface area contributed by atoms with Crippen LogP contribution in [0, 0.1) is 5.92 Å². The van der Waals surface area contributed by atoms with E-state index >= 15 is 0 Å². The normalized spacial score (nSPS) is 16.8. The topological polar surface area (TPSA) is 51.4 Å². The van der Waals surface area contributed by atoms with E-state index in [9.17, 15) is 0 Å². The molecule has 18 heavy (non-hydrogen) atoms. The molecule has 1 aromatic heterocycles. The lowest BCUT2D eigenvalue weighted by molar-refractivity contribution is 0.0685. The van der Waals surface area contributed by atoms with Crippen molar-refractivity contribution < 1.29 is 4.74 Å². The zero-order valence-corrected chi connectivity index (χ0v) is 11.1. The van der Waals surface area contributed by atoms with E-state index in [4.69, 9.17) is 10.5 Å². The van der Waals surface area contributed by atoms with Gasteiger partial charge in [-0.1, -0.05) is 6.07 Å². The minimum absolute atomic E-state index is 0.670. The second-order valence-corrected chi connectivity index (χ2v) is 4.96. The van der Waals surface area contributed by atoms with E-state index in [0.717, 1.165) is 50.8 Å². The van der Waals surface area contributed by atoms with Gasteiger partial charge in [0.05, 0.1) is 0 Å². The van der Waals surface area contributed by atoms with Crippen LogP contribution in [0.2, 0.25) is 0 Å². The first-order valence-electron chi connectivity index (χ1n) is 6.74. The molecule has 4 heteroatoms. The van der Waals surface area contributed by atoms with Crippen LogP contribution in [0.1, 0.15) is 18.4 Å². The van der Waals surface area contributed by atoms with Crippen LogP contribution in [0.25, 0.3) is 0 Å². The molecule has 0 amide bonds. The highest BCUT2D eigenvalue weighted by molar-refractivity contribution is 5.46. The monoisotopic (exact) mass is 249 g/mol. The second-order valence-electron chi connectivity index (χ2n) is 4.96. The van der Waals surface area contributed by atoms with E-state index < -0.39 is 0 Å². The van der Waals surface area contributed by atoms with Crippen molar-refractivity contribution in [3.63, 3.8) is 0 Å². The Morgan fingerprint density at radius 2 is 2.22 bits per heavy atom. The highest BCUT2D eigenvalue weighted by Crippen LogP contribution is 2.21. The fourth-order valence-corrected chi connectivity index (χ4v) is 2.53. The van der Waals surface area contributed by atoms with Gasteiger partial charge in [-0.15, -0.1) is 0 Å². The summed E-state index contributed by atoms with van der Waals surface area (Å²) in [4.78, 5) is 6.77. The maximum atomic E-state index is 5.65. The smallest absolute Gasteiger partial charge is 0.131 e. The molecule has 0 atom stereocenters. The van der Waals surface area contributed by atoms with Crippen LogP contribution >= 0.6 is 0 Å². The first kappa shape index (κ1) is 13.3. The number of anilines is 1. The lowest BCUT2D eigenvalue weighted by Gasteiger charge is -2.28. The number of hydrogen-bond acceptors (Lipinski definition) is 4. The van der Waals surface area contributed by atoms with Gasteiger partial charge in [-0.2, -0.15) is 0 Å². The Morgan fingerprint density at radius 3 is 2.94 bits per heavy atom. The Balaban J connectivity index is 2.00. The number of pyridine rings is 1. The molecule has 0 bridgehead atoms. The molecule has 1 saturated heterocycles. The van der Waals surface area contributed by atoms with Gasteiger partial charge < -0.3 is 15.4 Å². The van der Waals surface area contributed by atoms with Crippen LogP contribution in [-0.4, -0.2) is 38.3 Å². The number of ether oxygens (including phenoxy) is 1. The quantitative estimate of drug-likeness (QED) is 0.858. The van der Waals surface area contributed by atoms with Gasteiger partial charge in [-0.25, -0.2) is 4.98 Å². The Bertz CT molecular complexity index is 364. The molecule has 1 fully saturated rings. The van der Waals surface area contributed by atoms with Crippen LogP contribution in [0.15, 0.2) is 18.3 Å². The largest absolute Gasteiger partial charge is 0.381 e.